The highest BCUT2D eigenvalue weighted by Gasteiger charge is 2.16. The maximum atomic E-state index is 11.7. The Morgan fingerprint density at radius 1 is 0.550 bits per heavy atom. The number of unbranched alkanes of at least 4 members (excludes halogenated alkanes) is 19. The van der Waals surface area contributed by atoms with E-state index in [2.05, 4.69) is 18.7 Å². The third-order valence-electron chi connectivity index (χ3n) is 8.13. The molecule has 0 spiro atoms. The topological polar surface area (TPSA) is 70.0 Å². The van der Waals surface area contributed by atoms with Crippen LogP contribution >= 0.6 is 0 Å². The summed E-state index contributed by atoms with van der Waals surface area (Å²) >= 11 is 0. The zero-order valence-corrected chi connectivity index (χ0v) is 27.3. The van der Waals surface area contributed by atoms with Crippen molar-refractivity contribution in [3.05, 3.63) is 0 Å². The van der Waals surface area contributed by atoms with E-state index in [1.165, 1.54) is 116 Å². The zero-order chi connectivity index (χ0) is 29.5. The van der Waals surface area contributed by atoms with E-state index in [0.29, 0.717) is 26.1 Å². The van der Waals surface area contributed by atoms with Crippen molar-refractivity contribution in [2.45, 2.75) is 193 Å². The minimum atomic E-state index is -0.344. The molecule has 0 saturated carbocycles. The van der Waals surface area contributed by atoms with Gasteiger partial charge in [-0.2, -0.15) is 0 Å². The van der Waals surface area contributed by atoms with E-state index in [0.717, 1.165) is 45.1 Å². The molecule has 0 saturated heterocycles. The molecule has 0 aromatic carbocycles. The molecule has 0 aromatic rings. The summed E-state index contributed by atoms with van der Waals surface area (Å²) in [6.45, 7) is 8.84. The van der Waals surface area contributed by atoms with Crippen LogP contribution in [-0.2, 0) is 9.53 Å². The quantitative estimate of drug-likeness (QED) is 0.0624. The summed E-state index contributed by atoms with van der Waals surface area (Å²) in [4.78, 5) is 13.9. The van der Waals surface area contributed by atoms with Crippen molar-refractivity contribution in [1.29, 1.82) is 0 Å². The van der Waals surface area contributed by atoms with Crippen LogP contribution in [0.3, 0.4) is 0 Å². The maximum absolute atomic E-state index is 11.7. The Labute approximate surface area is 250 Å². The standard InChI is InChI=1S/C35H71NO4/c1-4-7-9-11-13-15-17-19-21-23-27-33(37)31-36(30-26-25-29-35(39)40-6-3)32-34(38)28-24-22-20-18-16-14-12-10-8-5-2/h33-34,37-38H,4-32H2,1-3H3. The summed E-state index contributed by atoms with van der Waals surface area (Å²) in [7, 11) is 0. The van der Waals surface area contributed by atoms with Gasteiger partial charge in [0.05, 0.1) is 18.8 Å². The van der Waals surface area contributed by atoms with Gasteiger partial charge in [0.1, 0.15) is 0 Å². The van der Waals surface area contributed by atoms with E-state index >= 15 is 0 Å². The predicted octanol–water partition coefficient (Wildman–Crippen LogP) is 9.37. The molecule has 0 fully saturated rings. The van der Waals surface area contributed by atoms with Crippen LogP contribution in [0.15, 0.2) is 0 Å². The van der Waals surface area contributed by atoms with E-state index in [-0.39, 0.29) is 18.2 Å². The summed E-state index contributed by atoms with van der Waals surface area (Å²) < 4.78 is 5.05. The Bertz CT molecular complexity index is 484. The monoisotopic (exact) mass is 570 g/mol. The Balaban J connectivity index is 4.19. The molecule has 0 amide bonds. The van der Waals surface area contributed by atoms with Gasteiger partial charge in [0.15, 0.2) is 0 Å². The number of rotatable bonds is 32. The van der Waals surface area contributed by atoms with E-state index in [9.17, 15) is 15.0 Å². The number of ether oxygens (including phenoxy) is 1. The van der Waals surface area contributed by atoms with Gasteiger partial charge in [0.25, 0.3) is 0 Å². The molecule has 0 heterocycles. The summed E-state index contributed by atoms with van der Waals surface area (Å²) in [5.74, 6) is -0.129. The van der Waals surface area contributed by atoms with Gasteiger partial charge in [0.2, 0.25) is 0 Å². The molecule has 0 radical (unpaired) electrons. The van der Waals surface area contributed by atoms with Crippen LogP contribution in [0.4, 0.5) is 0 Å². The van der Waals surface area contributed by atoms with Gasteiger partial charge in [-0.3, -0.25) is 9.69 Å². The van der Waals surface area contributed by atoms with Crippen molar-refractivity contribution in [1.82, 2.24) is 4.90 Å². The second kappa shape index (κ2) is 31.3. The average molecular weight is 570 g/mol. The van der Waals surface area contributed by atoms with E-state index < -0.39 is 0 Å². The first kappa shape index (κ1) is 39.4. The third kappa shape index (κ3) is 28.9. The van der Waals surface area contributed by atoms with E-state index in [1.807, 2.05) is 6.92 Å². The molecular formula is C35H71NO4. The number of carbonyl (C=O) groups excluding carboxylic acids is 1. The van der Waals surface area contributed by atoms with Crippen molar-refractivity contribution in [2.75, 3.05) is 26.2 Å². The summed E-state index contributed by atoms with van der Waals surface area (Å²) in [5, 5.41) is 21.5. The molecule has 0 aliphatic rings. The first-order valence-corrected chi connectivity index (χ1v) is 17.8. The fraction of sp³-hybridized carbons (Fsp3) is 0.971. The number of carbonyl (C=O) groups is 1. The second-order valence-electron chi connectivity index (χ2n) is 12.3. The Hall–Kier alpha value is -0.650. The fourth-order valence-corrected chi connectivity index (χ4v) is 5.61. The second-order valence-corrected chi connectivity index (χ2v) is 12.3. The van der Waals surface area contributed by atoms with E-state index in [4.69, 9.17) is 4.74 Å². The number of nitrogens with zero attached hydrogens (tertiary/aromatic N) is 1. The molecule has 5 nitrogen and oxygen atoms in total. The minimum absolute atomic E-state index is 0.129. The van der Waals surface area contributed by atoms with Crippen molar-refractivity contribution >= 4 is 5.97 Å². The minimum Gasteiger partial charge on any atom is -0.466 e. The Morgan fingerprint density at radius 2 is 0.925 bits per heavy atom. The van der Waals surface area contributed by atoms with Gasteiger partial charge in [-0.15, -0.1) is 0 Å². The molecule has 0 aromatic heterocycles. The van der Waals surface area contributed by atoms with Crippen LogP contribution in [0, 0.1) is 0 Å². The number of aliphatic hydroxyl groups excluding tert-OH is 2. The highest BCUT2D eigenvalue weighted by Crippen LogP contribution is 2.15. The maximum Gasteiger partial charge on any atom is 0.305 e. The van der Waals surface area contributed by atoms with Crippen LogP contribution in [0.2, 0.25) is 0 Å². The SMILES string of the molecule is CCCCCCCCCCCCC(O)CN(CCCCC(=O)OCC)CC(O)CCCCCCCCCCCC. The number of aliphatic hydroxyl groups is 2. The van der Waals surface area contributed by atoms with Crippen LogP contribution in [0.5, 0.6) is 0 Å². The Kier molecular flexibility index (Phi) is 30.8. The summed E-state index contributed by atoms with van der Waals surface area (Å²) in [6.07, 6.45) is 29.2. The van der Waals surface area contributed by atoms with Crippen LogP contribution < -0.4 is 0 Å². The predicted molar refractivity (Wildman–Crippen MR) is 172 cm³/mol. The van der Waals surface area contributed by atoms with Crippen molar-refractivity contribution < 1.29 is 19.7 Å². The lowest BCUT2D eigenvalue weighted by atomic mass is 10.0. The van der Waals surface area contributed by atoms with Gasteiger partial charge < -0.3 is 14.9 Å². The molecule has 2 atom stereocenters. The Morgan fingerprint density at radius 3 is 1.30 bits per heavy atom. The first-order valence-electron chi connectivity index (χ1n) is 17.8. The molecule has 2 unspecified atom stereocenters. The molecule has 0 aliphatic carbocycles. The molecule has 0 rings (SSSR count). The van der Waals surface area contributed by atoms with Crippen molar-refractivity contribution in [2.24, 2.45) is 0 Å². The van der Waals surface area contributed by atoms with Crippen LogP contribution in [0.25, 0.3) is 0 Å². The lowest BCUT2D eigenvalue weighted by molar-refractivity contribution is -0.143. The van der Waals surface area contributed by atoms with E-state index in [1.54, 1.807) is 0 Å². The lowest BCUT2D eigenvalue weighted by Gasteiger charge is -2.27. The lowest BCUT2D eigenvalue weighted by Crippen LogP contribution is -2.38. The number of hydrogen-bond donors (Lipinski definition) is 2. The highest BCUT2D eigenvalue weighted by atomic mass is 16.5. The molecule has 0 aliphatic heterocycles. The number of esters is 1. The van der Waals surface area contributed by atoms with Gasteiger partial charge >= 0.3 is 5.97 Å². The molecular weight excluding hydrogens is 498 g/mol. The smallest absolute Gasteiger partial charge is 0.305 e. The van der Waals surface area contributed by atoms with Crippen molar-refractivity contribution in [3.63, 3.8) is 0 Å². The molecule has 40 heavy (non-hydrogen) atoms. The van der Waals surface area contributed by atoms with Crippen LogP contribution in [0.1, 0.15) is 181 Å². The van der Waals surface area contributed by atoms with Gasteiger partial charge in [-0.1, -0.05) is 142 Å². The molecule has 0 bridgehead atoms. The summed E-state index contributed by atoms with van der Waals surface area (Å²) in [5.41, 5.74) is 0. The average Bonchev–Trinajstić information content (AvgIpc) is 2.93. The third-order valence-corrected chi connectivity index (χ3v) is 8.13. The number of hydrogen-bond acceptors (Lipinski definition) is 5. The molecule has 240 valence electrons. The fourth-order valence-electron chi connectivity index (χ4n) is 5.61. The normalized spacial score (nSPS) is 13.2. The van der Waals surface area contributed by atoms with Crippen LogP contribution in [-0.4, -0.2) is 59.5 Å². The zero-order valence-electron chi connectivity index (χ0n) is 27.3. The van der Waals surface area contributed by atoms with Gasteiger partial charge in [0, 0.05) is 19.5 Å². The van der Waals surface area contributed by atoms with Gasteiger partial charge in [-0.25, -0.2) is 0 Å². The summed E-state index contributed by atoms with van der Waals surface area (Å²) in [6, 6.07) is 0. The van der Waals surface area contributed by atoms with Crippen molar-refractivity contribution in [3.8, 4) is 0 Å². The van der Waals surface area contributed by atoms with Gasteiger partial charge in [-0.05, 0) is 39.2 Å². The first-order chi connectivity index (χ1) is 19.5. The highest BCUT2D eigenvalue weighted by molar-refractivity contribution is 5.69. The molecule has 5 heteroatoms. The molecule has 2 N–H and O–H groups in total. The largest absolute Gasteiger partial charge is 0.466 e.